The molecular formula is C27H29N3O3. The maximum Gasteiger partial charge on any atom is 0.228 e. The van der Waals surface area contributed by atoms with E-state index >= 15 is 0 Å². The third-order valence-electron chi connectivity index (χ3n) is 6.11. The zero-order chi connectivity index (χ0) is 22.5. The lowest BCUT2D eigenvalue weighted by Gasteiger charge is -2.36. The summed E-state index contributed by atoms with van der Waals surface area (Å²) in [5.41, 5.74) is 4.27. The van der Waals surface area contributed by atoms with Crippen LogP contribution in [0.4, 0.5) is 11.4 Å². The molecule has 2 aliphatic heterocycles. The fourth-order valence-electron chi connectivity index (χ4n) is 4.35. The SMILES string of the molecule is O=C(Cc1ccc2c(c1)OCCO2)Nc1ccc(N2CCN(Cc3ccccc3)CC2)cc1. The van der Waals surface area contributed by atoms with E-state index < -0.39 is 0 Å². The number of carbonyl (C=O) groups is 1. The van der Waals surface area contributed by atoms with E-state index in [0.29, 0.717) is 25.4 Å². The first kappa shape index (κ1) is 21.3. The maximum absolute atomic E-state index is 12.5. The summed E-state index contributed by atoms with van der Waals surface area (Å²) in [5, 5.41) is 3.00. The van der Waals surface area contributed by atoms with Gasteiger partial charge in [-0.1, -0.05) is 36.4 Å². The van der Waals surface area contributed by atoms with Crippen LogP contribution in [-0.2, 0) is 17.8 Å². The van der Waals surface area contributed by atoms with Gasteiger partial charge < -0.3 is 19.7 Å². The minimum atomic E-state index is -0.0473. The zero-order valence-electron chi connectivity index (χ0n) is 18.7. The average Bonchev–Trinajstić information content (AvgIpc) is 2.86. The van der Waals surface area contributed by atoms with Crippen molar-refractivity contribution in [3.05, 3.63) is 83.9 Å². The molecule has 170 valence electrons. The lowest BCUT2D eigenvalue weighted by molar-refractivity contribution is -0.115. The van der Waals surface area contributed by atoms with Crippen molar-refractivity contribution < 1.29 is 14.3 Å². The molecule has 6 heteroatoms. The molecular weight excluding hydrogens is 414 g/mol. The van der Waals surface area contributed by atoms with Gasteiger partial charge in [-0.05, 0) is 47.5 Å². The van der Waals surface area contributed by atoms with Gasteiger partial charge in [0.1, 0.15) is 13.2 Å². The van der Waals surface area contributed by atoms with Crippen LogP contribution in [0.15, 0.2) is 72.8 Å². The first-order chi connectivity index (χ1) is 16.2. The van der Waals surface area contributed by atoms with Crippen LogP contribution in [0.2, 0.25) is 0 Å². The normalized spacial score (nSPS) is 15.8. The Labute approximate surface area is 194 Å². The number of anilines is 2. The number of fused-ring (bicyclic) bond motifs is 1. The molecule has 0 saturated carbocycles. The molecule has 0 aliphatic carbocycles. The maximum atomic E-state index is 12.5. The minimum absolute atomic E-state index is 0.0473. The molecule has 0 spiro atoms. The number of amides is 1. The Balaban J connectivity index is 1.11. The van der Waals surface area contributed by atoms with Gasteiger partial charge in [-0.25, -0.2) is 0 Å². The van der Waals surface area contributed by atoms with Gasteiger partial charge in [-0.15, -0.1) is 0 Å². The Morgan fingerprint density at radius 3 is 2.27 bits per heavy atom. The van der Waals surface area contributed by atoms with Crippen LogP contribution in [0.1, 0.15) is 11.1 Å². The monoisotopic (exact) mass is 443 g/mol. The van der Waals surface area contributed by atoms with E-state index in [0.717, 1.165) is 49.7 Å². The molecule has 1 N–H and O–H groups in total. The second-order valence-corrected chi connectivity index (χ2v) is 8.50. The molecule has 2 aliphatic rings. The molecule has 0 unspecified atom stereocenters. The molecule has 6 nitrogen and oxygen atoms in total. The van der Waals surface area contributed by atoms with Crippen LogP contribution < -0.4 is 19.7 Å². The van der Waals surface area contributed by atoms with Crippen molar-refractivity contribution in [1.82, 2.24) is 4.90 Å². The summed E-state index contributed by atoms with van der Waals surface area (Å²) in [6.07, 6.45) is 0.293. The Morgan fingerprint density at radius 2 is 1.52 bits per heavy atom. The van der Waals surface area contributed by atoms with Gasteiger partial charge in [-0.3, -0.25) is 9.69 Å². The summed E-state index contributed by atoms with van der Waals surface area (Å²) in [4.78, 5) is 17.4. The number of nitrogens with zero attached hydrogens (tertiary/aromatic N) is 2. The van der Waals surface area contributed by atoms with E-state index in [-0.39, 0.29) is 5.91 Å². The Kier molecular flexibility index (Phi) is 6.44. The van der Waals surface area contributed by atoms with Crippen molar-refractivity contribution in [2.45, 2.75) is 13.0 Å². The predicted octanol–water partition coefficient (Wildman–Crippen LogP) is 3.96. The van der Waals surface area contributed by atoms with E-state index in [9.17, 15) is 4.79 Å². The van der Waals surface area contributed by atoms with Gasteiger partial charge in [-0.2, -0.15) is 0 Å². The number of piperazine rings is 1. The van der Waals surface area contributed by atoms with Gasteiger partial charge in [0.05, 0.1) is 6.42 Å². The van der Waals surface area contributed by atoms with Gasteiger partial charge in [0, 0.05) is 44.1 Å². The predicted molar refractivity (Wildman–Crippen MR) is 130 cm³/mol. The molecule has 0 atom stereocenters. The molecule has 0 radical (unpaired) electrons. The lowest BCUT2D eigenvalue weighted by Crippen LogP contribution is -2.45. The van der Waals surface area contributed by atoms with Crippen LogP contribution in [0.25, 0.3) is 0 Å². The summed E-state index contributed by atoms with van der Waals surface area (Å²) in [5.74, 6) is 1.40. The van der Waals surface area contributed by atoms with Crippen molar-refractivity contribution in [3.8, 4) is 11.5 Å². The Morgan fingerprint density at radius 1 is 0.788 bits per heavy atom. The zero-order valence-corrected chi connectivity index (χ0v) is 18.7. The van der Waals surface area contributed by atoms with Crippen molar-refractivity contribution in [1.29, 1.82) is 0 Å². The van der Waals surface area contributed by atoms with Crippen LogP contribution in [0.5, 0.6) is 11.5 Å². The van der Waals surface area contributed by atoms with Gasteiger partial charge >= 0.3 is 0 Å². The molecule has 5 rings (SSSR count). The Hall–Kier alpha value is -3.51. The highest BCUT2D eigenvalue weighted by atomic mass is 16.6. The van der Waals surface area contributed by atoms with E-state index in [4.69, 9.17) is 9.47 Å². The van der Waals surface area contributed by atoms with Crippen LogP contribution >= 0.6 is 0 Å². The lowest BCUT2D eigenvalue weighted by atomic mass is 10.1. The van der Waals surface area contributed by atoms with Crippen LogP contribution in [0.3, 0.4) is 0 Å². The third kappa shape index (κ3) is 5.46. The van der Waals surface area contributed by atoms with E-state index in [2.05, 4.69) is 57.6 Å². The number of ether oxygens (including phenoxy) is 2. The smallest absolute Gasteiger partial charge is 0.228 e. The van der Waals surface area contributed by atoms with Crippen molar-refractivity contribution in [2.75, 3.05) is 49.6 Å². The summed E-state index contributed by atoms with van der Waals surface area (Å²) >= 11 is 0. The number of nitrogens with one attached hydrogen (secondary N) is 1. The summed E-state index contributed by atoms with van der Waals surface area (Å²) < 4.78 is 11.1. The highest BCUT2D eigenvalue weighted by Crippen LogP contribution is 2.31. The van der Waals surface area contributed by atoms with Gasteiger partial charge in [0.15, 0.2) is 11.5 Å². The van der Waals surface area contributed by atoms with Crippen molar-refractivity contribution >= 4 is 17.3 Å². The van der Waals surface area contributed by atoms with Gasteiger partial charge in [0.2, 0.25) is 5.91 Å². The number of hydrogen-bond donors (Lipinski definition) is 1. The first-order valence-corrected chi connectivity index (χ1v) is 11.5. The third-order valence-corrected chi connectivity index (χ3v) is 6.11. The quantitative estimate of drug-likeness (QED) is 0.625. The molecule has 3 aromatic carbocycles. The second kappa shape index (κ2) is 9.96. The average molecular weight is 444 g/mol. The molecule has 1 saturated heterocycles. The molecule has 3 aromatic rings. The second-order valence-electron chi connectivity index (χ2n) is 8.50. The molecule has 33 heavy (non-hydrogen) atoms. The Bertz CT molecular complexity index is 1080. The van der Waals surface area contributed by atoms with Crippen LogP contribution in [-0.4, -0.2) is 50.2 Å². The van der Waals surface area contributed by atoms with E-state index in [1.165, 1.54) is 11.3 Å². The number of carbonyl (C=O) groups excluding carboxylic acids is 1. The van der Waals surface area contributed by atoms with E-state index in [1.54, 1.807) is 0 Å². The fourth-order valence-corrected chi connectivity index (χ4v) is 4.35. The highest BCUT2D eigenvalue weighted by molar-refractivity contribution is 5.92. The number of hydrogen-bond acceptors (Lipinski definition) is 5. The summed E-state index contributed by atoms with van der Waals surface area (Å²) in [6, 6.07) is 24.4. The first-order valence-electron chi connectivity index (χ1n) is 11.5. The van der Waals surface area contributed by atoms with E-state index in [1.807, 2.05) is 30.3 Å². The number of benzene rings is 3. The largest absolute Gasteiger partial charge is 0.486 e. The molecule has 1 fully saturated rings. The van der Waals surface area contributed by atoms with Crippen molar-refractivity contribution in [3.63, 3.8) is 0 Å². The molecule has 0 bridgehead atoms. The fraction of sp³-hybridized carbons (Fsp3) is 0.296. The summed E-state index contributed by atoms with van der Waals surface area (Å²) in [6.45, 7) is 6.20. The topological polar surface area (TPSA) is 54.0 Å². The molecule has 1 amide bonds. The molecule has 2 heterocycles. The standard InChI is InChI=1S/C27H29N3O3/c31-27(19-22-6-11-25-26(18-22)33-17-16-32-25)28-23-7-9-24(10-8-23)30-14-12-29(13-15-30)20-21-4-2-1-3-5-21/h1-11,18H,12-17,19-20H2,(H,28,31). The van der Waals surface area contributed by atoms with Crippen molar-refractivity contribution in [2.24, 2.45) is 0 Å². The highest BCUT2D eigenvalue weighted by Gasteiger charge is 2.18. The molecule has 0 aromatic heterocycles. The number of rotatable bonds is 6. The summed E-state index contributed by atoms with van der Waals surface area (Å²) in [7, 11) is 0. The van der Waals surface area contributed by atoms with Crippen LogP contribution in [0, 0.1) is 0 Å². The minimum Gasteiger partial charge on any atom is -0.486 e. The van der Waals surface area contributed by atoms with Gasteiger partial charge in [0.25, 0.3) is 0 Å².